The van der Waals surface area contributed by atoms with Crippen LogP contribution < -0.4 is 0 Å². The number of carboxylic acids is 1. The molecule has 0 aliphatic heterocycles. The standard InChI is InChI=1S/C7H5N3O8/c11-6(12)4-1-2-7(9(15)16,10(17)18)3-5(4)8(13)14/h1,3H,2H2,(H,11,12). The second-order valence-electron chi connectivity index (χ2n) is 3.31. The van der Waals surface area contributed by atoms with E-state index in [9.17, 15) is 35.1 Å². The Morgan fingerprint density at radius 2 is 1.72 bits per heavy atom. The first-order valence-corrected chi connectivity index (χ1v) is 4.32. The van der Waals surface area contributed by atoms with Crippen LogP contribution in [-0.4, -0.2) is 31.5 Å². The van der Waals surface area contributed by atoms with Crippen LogP contribution in [0.5, 0.6) is 0 Å². The van der Waals surface area contributed by atoms with Crippen LogP contribution >= 0.6 is 0 Å². The number of aliphatic carboxylic acids is 1. The van der Waals surface area contributed by atoms with Gasteiger partial charge in [0, 0.05) is 0 Å². The van der Waals surface area contributed by atoms with Gasteiger partial charge in [0.1, 0.15) is 27.9 Å². The van der Waals surface area contributed by atoms with E-state index in [2.05, 4.69) is 0 Å². The van der Waals surface area contributed by atoms with Gasteiger partial charge in [-0.3, -0.25) is 30.3 Å². The number of carboxylic acid groups (broad SMARTS) is 1. The Balaban J connectivity index is 3.43. The third-order valence-electron chi connectivity index (χ3n) is 2.31. The molecule has 1 aliphatic rings. The Labute approximate surface area is 97.5 Å². The highest BCUT2D eigenvalue weighted by Crippen LogP contribution is 2.29. The molecule has 0 aromatic carbocycles. The van der Waals surface area contributed by atoms with E-state index in [-0.39, 0.29) is 6.08 Å². The van der Waals surface area contributed by atoms with Crippen LogP contribution in [0.25, 0.3) is 0 Å². The van der Waals surface area contributed by atoms with Crippen molar-refractivity contribution in [3.63, 3.8) is 0 Å². The van der Waals surface area contributed by atoms with Gasteiger partial charge in [0.05, 0.1) is 4.92 Å². The SMILES string of the molecule is O=C(O)C1=CCC([N+](=O)[O-])([N+](=O)[O-])C=C1[N+](=O)[O-]. The fourth-order valence-electron chi connectivity index (χ4n) is 1.38. The zero-order valence-corrected chi connectivity index (χ0v) is 8.51. The van der Waals surface area contributed by atoms with Gasteiger partial charge in [0.2, 0.25) is 0 Å². The van der Waals surface area contributed by atoms with Gasteiger partial charge in [-0.1, -0.05) is 0 Å². The highest BCUT2D eigenvalue weighted by Gasteiger charge is 2.58. The first-order chi connectivity index (χ1) is 8.22. The topological polar surface area (TPSA) is 167 Å². The fourth-order valence-corrected chi connectivity index (χ4v) is 1.38. The van der Waals surface area contributed by atoms with E-state index in [4.69, 9.17) is 5.11 Å². The van der Waals surface area contributed by atoms with E-state index in [1.807, 2.05) is 0 Å². The molecule has 0 saturated heterocycles. The van der Waals surface area contributed by atoms with Crippen molar-refractivity contribution in [2.24, 2.45) is 0 Å². The Hall–Kier alpha value is -2.85. The molecule has 11 nitrogen and oxygen atoms in total. The summed E-state index contributed by atoms with van der Waals surface area (Å²) in [6.45, 7) is 0. The van der Waals surface area contributed by atoms with Crippen LogP contribution in [0.15, 0.2) is 23.4 Å². The molecule has 11 heteroatoms. The molecule has 0 saturated carbocycles. The van der Waals surface area contributed by atoms with Gasteiger partial charge in [-0.15, -0.1) is 0 Å². The summed E-state index contributed by atoms with van der Waals surface area (Å²) in [4.78, 5) is 38.8. The van der Waals surface area contributed by atoms with Gasteiger partial charge < -0.3 is 5.11 Å². The molecule has 96 valence electrons. The lowest BCUT2D eigenvalue weighted by Gasteiger charge is -2.15. The molecule has 1 N–H and O–H groups in total. The monoisotopic (exact) mass is 259 g/mol. The van der Waals surface area contributed by atoms with Crippen LogP contribution in [0.1, 0.15) is 6.42 Å². The first kappa shape index (κ1) is 13.2. The van der Waals surface area contributed by atoms with E-state index in [1.165, 1.54) is 0 Å². The van der Waals surface area contributed by atoms with Gasteiger partial charge >= 0.3 is 11.6 Å². The average molecular weight is 259 g/mol. The Kier molecular flexibility index (Phi) is 3.08. The second-order valence-corrected chi connectivity index (χ2v) is 3.31. The van der Waals surface area contributed by atoms with E-state index >= 15 is 0 Å². The van der Waals surface area contributed by atoms with Gasteiger partial charge in [0.25, 0.3) is 5.70 Å². The number of hydrogen-bond acceptors (Lipinski definition) is 7. The minimum absolute atomic E-state index is 0.149. The highest BCUT2D eigenvalue weighted by atomic mass is 16.7. The van der Waals surface area contributed by atoms with Crippen molar-refractivity contribution in [3.8, 4) is 0 Å². The lowest BCUT2D eigenvalue weighted by Crippen LogP contribution is -2.46. The maximum absolute atomic E-state index is 10.7. The summed E-state index contributed by atoms with van der Waals surface area (Å²) in [6, 6.07) is 0. The quantitative estimate of drug-likeness (QED) is 0.411. The lowest BCUT2D eigenvalue weighted by atomic mass is 9.95. The molecule has 1 aliphatic carbocycles. The summed E-state index contributed by atoms with van der Waals surface area (Å²) in [5.41, 5.74) is -4.87. The van der Waals surface area contributed by atoms with E-state index in [0.29, 0.717) is 6.08 Å². The number of nitrogens with zero attached hydrogens (tertiary/aromatic N) is 3. The molecular formula is C7H5N3O8. The zero-order chi connectivity index (χ0) is 14.1. The van der Waals surface area contributed by atoms with Gasteiger partial charge in [-0.2, -0.15) is 0 Å². The molecule has 0 spiro atoms. The van der Waals surface area contributed by atoms with Crippen LogP contribution in [0.3, 0.4) is 0 Å². The molecule has 0 unspecified atom stereocenters. The molecule has 0 radical (unpaired) electrons. The third-order valence-corrected chi connectivity index (χ3v) is 2.31. The van der Waals surface area contributed by atoms with Crippen molar-refractivity contribution in [3.05, 3.63) is 53.8 Å². The van der Waals surface area contributed by atoms with E-state index in [1.54, 1.807) is 0 Å². The predicted octanol–water partition coefficient (Wildman–Crippen LogP) is -0.189. The van der Waals surface area contributed by atoms with Crippen LogP contribution in [-0.2, 0) is 4.79 Å². The number of carbonyl (C=O) groups is 1. The molecule has 0 aromatic heterocycles. The normalized spacial score (nSPS) is 17.3. The smallest absolute Gasteiger partial charge is 0.477 e. The highest BCUT2D eigenvalue weighted by molar-refractivity contribution is 5.91. The maximum Gasteiger partial charge on any atom is 0.487 e. The summed E-state index contributed by atoms with van der Waals surface area (Å²) in [7, 11) is 0. The molecule has 0 heterocycles. The molecule has 0 fully saturated rings. The molecular weight excluding hydrogens is 254 g/mol. The number of rotatable bonds is 4. The van der Waals surface area contributed by atoms with Gasteiger partial charge in [0.15, 0.2) is 0 Å². The number of hydrogen-bond donors (Lipinski definition) is 1. The summed E-state index contributed by atoms with van der Waals surface area (Å²) in [6.07, 6.45) is -0.117. The Morgan fingerprint density at radius 1 is 1.22 bits per heavy atom. The van der Waals surface area contributed by atoms with Gasteiger partial charge in [-0.25, -0.2) is 4.79 Å². The fraction of sp³-hybridized carbons (Fsp3) is 0.286. The van der Waals surface area contributed by atoms with Crippen LogP contribution in [0.2, 0.25) is 0 Å². The summed E-state index contributed by atoms with van der Waals surface area (Å²) < 4.78 is 0. The Morgan fingerprint density at radius 3 is 2.06 bits per heavy atom. The lowest BCUT2D eigenvalue weighted by molar-refractivity contribution is -0.781. The van der Waals surface area contributed by atoms with Gasteiger partial charge in [-0.05, 0) is 6.08 Å². The maximum atomic E-state index is 10.7. The van der Waals surface area contributed by atoms with Crippen molar-refractivity contribution < 1.29 is 24.7 Å². The van der Waals surface area contributed by atoms with Crippen molar-refractivity contribution >= 4 is 5.97 Å². The first-order valence-electron chi connectivity index (χ1n) is 4.32. The van der Waals surface area contributed by atoms with Crippen molar-refractivity contribution in [2.75, 3.05) is 0 Å². The average Bonchev–Trinajstić information content (AvgIpc) is 2.27. The third kappa shape index (κ3) is 1.88. The number of nitro groups is 3. The second kappa shape index (κ2) is 4.20. The molecule has 0 bridgehead atoms. The summed E-state index contributed by atoms with van der Waals surface area (Å²) in [5.74, 6) is -1.68. The molecule has 18 heavy (non-hydrogen) atoms. The molecule has 0 atom stereocenters. The summed E-state index contributed by atoms with van der Waals surface area (Å²) >= 11 is 0. The summed E-state index contributed by atoms with van der Waals surface area (Å²) in [5, 5.41) is 40.6. The molecule has 0 aromatic rings. The molecule has 1 rings (SSSR count). The minimum Gasteiger partial charge on any atom is -0.477 e. The largest absolute Gasteiger partial charge is 0.487 e. The van der Waals surface area contributed by atoms with Crippen LogP contribution in [0.4, 0.5) is 0 Å². The Bertz CT molecular complexity index is 505. The van der Waals surface area contributed by atoms with Crippen LogP contribution in [0, 0.1) is 30.3 Å². The molecule has 0 amide bonds. The van der Waals surface area contributed by atoms with E-state index in [0.717, 1.165) is 0 Å². The predicted molar refractivity (Wildman–Crippen MR) is 52.1 cm³/mol. The van der Waals surface area contributed by atoms with Crippen molar-refractivity contribution in [1.29, 1.82) is 0 Å². The van der Waals surface area contributed by atoms with E-state index < -0.39 is 44.1 Å². The zero-order valence-electron chi connectivity index (χ0n) is 8.51. The minimum atomic E-state index is -2.90. The van der Waals surface area contributed by atoms with Crippen molar-refractivity contribution in [1.82, 2.24) is 0 Å². The van der Waals surface area contributed by atoms with Crippen molar-refractivity contribution in [2.45, 2.75) is 12.1 Å².